The van der Waals surface area contributed by atoms with Crippen LogP contribution < -0.4 is 4.74 Å². The van der Waals surface area contributed by atoms with Gasteiger partial charge in [-0.05, 0) is 46.8 Å². The molecule has 2 rings (SSSR count). The zero-order chi connectivity index (χ0) is 21.5. The summed E-state index contributed by atoms with van der Waals surface area (Å²) in [6, 6.07) is 7.32. The summed E-state index contributed by atoms with van der Waals surface area (Å²) in [5.41, 5.74) is -0.164. The van der Waals surface area contributed by atoms with Crippen LogP contribution in [0, 0.1) is 0 Å². The normalized spacial score (nSPS) is 18.4. The molecule has 1 atom stereocenters. The van der Waals surface area contributed by atoms with Crippen molar-refractivity contribution in [2.45, 2.75) is 64.9 Å². The van der Waals surface area contributed by atoms with Gasteiger partial charge in [-0.3, -0.25) is 4.79 Å². The maximum atomic E-state index is 11.9. The lowest BCUT2D eigenvalue weighted by molar-refractivity contribution is -0.142. The van der Waals surface area contributed by atoms with Crippen molar-refractivity contribution in [3.05, 3.63) is 54.8 Å². The van der Waals surface area contributed by atoms with E-state index in [2.05, 4.69) is 6.58 Å². The summed E-state index contributed by atoms with van der Waals surface area (Å²) in [5, 5.41) is 0. The number of benzene rings is 1. The first-order valence-electron chi connectivity index (χ1n) is 9.87. The molecule has 6 nitrogen and oxygen atoms in total. The van der Waals surface area contributed by atoms with Crippen LogP contribution in [0.2, 0.25) is 6.32 Å². The Bertz CT molecular complexity index is 712. The summed E-state index contributed by atoms with van der Waals surface area (Å²) >= 11 is 0. The molecule has 0 spiro atoms. The van der Waals surface area contributed by atoms with Gasteiger partial charge in [0.25, 0.3) is 0 Å². The van der Waals surface area contributed by atoms with Gasteiger partial charge >= 0.3 is 13.1 Å². The van der Waals surface area contributed by atoms with E-state index < -0.39 is 24.6 Å². The second kappa shape index (κ2) is 9.99. The minimum Gasteiger partial charge on any atom is -0.466 e. The molecule has 0 radical (unpaired) electrons. The fourth-order valence-corrected chi connectivity index (χ4v) is 2.81. The Hall–Kier alpha value is -2.25. The Labute approximate surface area is 174 Å². The lowest BCUT2D eigenvalue weighted by Gasteiger charge is -2.32. The van der Waals surface area contributed by atoms with Gasteiger partial charge in [-0.15, -0.1) is 0 Å². The van der Waals surface area contributed by atoms with Crippen molar-refractivity contribution < 1.29 is 28.3 Å². The summed E-state index contributed by atoms with van der Waals surface area (Å²) < 4.78 is 29.0. The zero-order valence-corrected chi connectivity index (χ0v) is 18.0. The molecule has 1 fully saturated rings. The Kier molecular flexibility index (Phi) is 7.93. The highest BCUT2D eigenvalue weighted by molar-refractivity contribution is 6.45. The number of carbonyl (C=O) groups is 1. The highest BCUT2D eigenvalue weighted by atomic mass is 16.7. The van der Waals surface area contributed by atoms with Gasteiger partial charge in [0.2, 0.25) is 6.29 Å². The minimum absolute atomic E-state index is 0.121. The smallest absolute Gasteiger partial charge is 0.465 e. The first-order valence-corrected chi connectivity index (χ1v) is 9.87. The van der Waals surface area contributed by atoms with E-state index in [1.165, 1.54) is 6.26 Å². The van der Waals surface area contributed by atoms with Gasteiger partial charge in [0.15, 0.2) is 0 Å². The molecule has 0 N–H and O–H groups in total. The second-order valence-corrected chi connectivity index (χ2v) is 7.76. The number of hydrogen-bond donors (Lipinski definition) is 0. The summed E-state index contributed by atoms with van der Waals surface area (Å²) in [7, 11) is -0.487. The Morgan fingerprint density at radius 1 is 1.21 bits per heavy atom. The van der Waals surface area contributed by atoms with E-state index in [-0.39, 0.29) is 12.4 Å². The van der Waals surface area contributed by atoms with Gasteiger partial charge in [-0.2, -0.15) is 0 Å². The van der Waals surface area contributed by atoms with E-state index in [9.17, 15) is 4.79 Å². The van der Waals surface area contributed by atoms with E-state index in [1.54, 1.807) is 25.1 Å². The molecule has 0 aromatic heterocycles. The largest absolute Gasteiger partial charge is 0.466 e. The van der Waals surface area contributed by atoms with Crippen molar-refractivity contribution in [1.82, 2.24) is 0 Å². The molecule has 1 saturated heterocycles. The topological polar surface area (TPSA) is 63.2 Å². The average molecular weight is 402 g/mol. The van der Waals surface area contributed by atoms with Gasteiger partial charge in [0.05, 0.1) is 36.8 Å². The van der Waals surface area contributed by atoms with E-state index in [0.717, 1.165) is 5.56 Å². The molecule has 0 saturated carbocycles. The molecule has 0 amide bonds. The first kappa shape index (κ1) is 23.0. The monoisotopic (exact) mass is 402 g/mol. The maximum absolute atomic E-state index is 11.9. The third-order valence-electron chi connectivity index (χ3n) is 5.00. The highest BCUT2D eigenvalue weighted by Crippen LogP contribution is 2.38. The third-order valence-corrected chi connectivity index (χ3v) is 5.00. The molecule has 0 aliphatic carbocycles. The van der Waals surface area contributed by atoms with E-state index in [4.69, 9.17) is 23.5 Å². The second-order valence-electron chi connectivity index (χ2n) is 7.76. The summed E-state index contributed by atoms with van der Waals surface area (Å²) in [6.45, 7) is 13.7. The third kappa shape index (κ3) is 6.37. The van der Waals surface area contributed by atoms with Crippen LogP contribution in [0.5, 0.6) is 5.75 Å². The summed E-state index contributed by atoms with van der Waals surface area (Å²) in [5.74, 6) is 0.243. The van der Waals surface area contributed by atoms with Crippen molar-refractivity contribution in [3.63, 3.8) is 0 Å². The Morgan fingerprint density at radius 3 is 2.48 bits per heavy atom. The van der Waals surface area contributed by atoms with Crippen LogP contribution in [0.15, 0.2) is 49.3 Å². The van der Waals surface area contributed by atoms with E-state index in [0.29, 0.717) is 18.7 Å². The number of ether oxygens (including phenoxy) is 3. The van der Waals surface area contributed by atoms with E-state index >= 15 is 0 Å². The Balaban J connectivity index is 2.14. The zero-order valence-electron chi connectivity index (χ0n) is 18.0. The van der Waals surface area contributed by atoms with Crippen molar-refractivity contribution >= 4 is 13.1 Å². The minimum atomic E-state index is -0.677. The molecule has 1 unspecified atom stereocenters. The number of rotatable bonds is 10. The predicted octanol–water partition coefficient (Wildman–Crippen LogP) is 4.31. The number of carbonyl (C=O) groups excluding carboxylic acids is 1. The predicted molar refractivity (Wildman–Crippen MR) is 113 cm³/mol. The van der Waals surface area contributed by atoms with Crippen LogP contribution in [0.4, 0.5) is 0 Å². The fraction of sp³-hybridized carbons (Fsp3) is 0.500. The highest BCUT2D eigenvalue weighted by Gasteiger charge is 2.51. The van der Waals surface area contributed by atoms with Crippen LogP contribution in [0.3, 0.4) is 0 Å². The molecular weight excluding hydrogens is 371 g/mol. The van der Waals surface area contributed by atoms with Crippen molar-refractivity contribution in [2.24, 2.45) is 0 Å². The van der Waals surface area contributed by atoms with Crippen molar-refractivity contribution in [2.75, 3.05) is 6.61 Å². The fourth-order valence-electron chi connectivity index (χ4n) is 2.81. The van der Waals surface area contributed by atoms with Crippen molar-refractivity contribution in [3.8, 4) is 5.75 Å². The van der Waals surface area contributed by atoms with Crippen LogP contribution in [-0.2, 0) is 30.0 Å². The van der Waals surface area contributed by atoms with Gasteiger partial charge < -0.3 is 23.5 Å². The van der Waals surface area contributed by atoms with Gasteiger partial charge in [0.1, 0.15) is 5.75 Å². The number of hydrogen-bond acceptors (Lipinski definition) is 6. The molecular formula is C22H31BO6. The lowest BCUT2D eigenvalue weighted by atomic mass is 9.84. The molecule has 1 aromatic rings. The molecule has 1 heterocycles. The number of esters is 1. The first-order chi connectivity index (χ1) is 13.7. The van der Waals surface area contributed by atoms with Crippen LogP contribution in [0.25, 0.3) is 0 Å². The molecule has 29 heavy (non-hydrogen) atoms. The summed E-state index contributed by atoms with van der Waals surface area (Å²) in [4.78, 5) is 11.9. The van der Waals surface area contributed by atoms with Gasteiger partial charge in [-0.25, -0.2) is 0 Å². The standard InChI is InChI=1S/C22H31BO6/c1-7-9-14-26-20(16-23-28-21(3,4)22(5,6)29-23)27-18-13-11-10-12-17(18)15-19(24)25-8-2/h7,9-14,20H,1,8,15-16H2,2-6H3/b14-9-. The molecule has 0 bridgehead atoms. The molecule has 1 aliphatic rings. The number of allylic oxidation sites excluding steroid dienone is 2. The van der Waals surface area contributed by atoms with Crippen LogP contribution >= 0.6 is 0 Å². The van der Waals surface area contributed by atoms with Crippen molar-refractivity contribution in [1.29, 1.82) is 0 Å². The maximum Gasteiger partial charge on any atom is 0.465 e. The van der Waals surface area contributed by atoms with E-state index in [1.807, 2.05) is 45.9 Å². The molecule has 1 aromatic carbocycles. The lowest BCUT2D eigenvalue weighted by Crippen LogP contribution is -2.41. The molecule has 158 valence electrons. The Morgan fingerprint density at radius 2 is 1.86 bits per heavy atom. The van der Waals surface area contributed by atoms with Crippen LogP contribution in [0.1, 0.15) is 40.2 Å². The van der Waals surface area contributed by atoms with Gasteiger partial charge in [-0.1, -0.05) is 30.9 Å². The molecule has 7 heteroatoms. The number of para-hydroxylation sites is 1. The summed E-state index contributed by atoms with van der Waals surface area (Å²) in [6.07, 6.45) is 4.59. The molecule has 1 aliphatic heterocycles. The quantitative estimate of drug-likeness (QED) is 0.191. The SMILES string of the molecule is C=C/C=C\OC(CB1OC(C)(C)C(C)(C)O1)Oc1ccccc1CC(=O)OCC. The van der Waals surface area contributed by atoms with Gasteiger partial charge in [0, 0.05) is 5.56 Å². The van der Waals surface area contributed by atoms with Crippen LogP contribution in [-0.4, -0.2) is 37.2 Å². The average Bonchev–Trinajstić information content (AvgIpc) is 2.83.